The number of nitrogens with two attached hydrogens (primary N) is 2. The van der Waals surface area contributed by atoms with Crippen molar-refractivity contribution in [2.24, 2.45) is 0 Å². The summed E-state index contributed by atoms with van der Waals surface area (Å²) in [4.78, 5) is 34.3. The molecule has 6 aromatic carbocycles. The highest BCUT2D eigenvalue weighted by molar-refractivity contribution is 6.13. The van der Waals surface area contributed by atoms with E-state index in [1.54, 1.807) is 36.4 Å². The zero-order valence-electron chi connectivity index (χ0n) is 37.5. The summed E-state index contributed by atoms with van der Waals surface area (Å²) in [6.45, 7) is 9.40. The predicted molar refractivity (Wildman–Crippen MR) is 265 cm³/mol. The van der Waals surface area contributed by atoms with Gasteiger partial charge in [0.25, 0.3) is 0 Å². The maximum Gasteiger partial charge on any atom is 0.345 e. The molecule has 10 rings (SSSR count). The Balaban J connectivity index is 1.04. The quantitative estimate of drug-likeness (QED) is 0.0722. The molecule has 68 heavy (non-hydrogen) atoms. The lowest BCUT2D eigenvalue weighted by Gasteiger charge is -2.35. The van der Waals surface area contributed by atoms with Crippen molar-refractivity contribution in [3.8, 4) is 22.3 Å². The number of morpholine rings is 2. The van der Waals surface area contributed by atoms with Crippen LogP contribution in [-0.4, -0.2) is 94.9 Å². The van der Waals surface area contributed by atoms with E-state index in [-0.39, 0.29) is 5.69 Å². The number of rotatable bonds is 10. The van der Waals surface area contributed by atoms with Gasteiger partial charge in [0.15, 0.2) is 11.6 Å². The number of carbonyl (C=O) groups is 2. The second-order valence-corrected chi connectivity index (χ2v) is 17.0. The largest absolute Gasteiger partial charge is 0.382 e. The molecular formula is C51H51FN12O4. The van der Waals surface area contributed by atoms with E-state index in [1.165, 1.54) is 28.2 Å². The first kappa shape index (κ1) is 44.0. The summed E-state index contributed by atoms with van der Waals surface area (Å²) in [6.07, 6.45) is 0. The number of hydrazine groups is 1. The number of aromatic amines is 2. The summed E-state index contributed by atoms with van der Waals surface area (Å²) < 4.78 is 25.7. The molecule has 0 radical (unpaired) electrons. The third-order valence-electron chi connectivity index (χ3n) is 12.4. The van der Waals surface area contributed by atoms with Crippen LogP contribution in [-0.2, 0) is 22.6 Å². The number of amides is 4. The van der Waals surface area contributed by atoms with Crippen molar-refractivity contribution in [3.05, 3.63) is 144 Å². The van der Waals surface area contributed by atoms with Gasteiger partial charge in [0, 0.05) is 50.6 Å². The Hall–Kier alpha value is -7.83. The Morgan fingerprint density at radius 2 is 1.06 bits per heavy atom. The van der Waals surface area contributed by atoms with E-state index < -0.39 is 17.9 Å². The van der Waals surface area contributed by atoms with Gasteiger partial charge in [-0.05, 0) is 100 Å². The van der Waals surface area contributed by atoms with E-state index in [1.807, 2.05) is 61.5 Å². The van der Waals surface area contributed by atoms with E-state index in [9.17, 15) is 14.0 Å². The number of hydrogen-bond acceptors (Lipinski definition) is 10. The van der Waals surface area contributed by atoms with Crippen LogP contribution >= 0.6 is 0 Å². The molecule has 0 unspecified atom stereocenters. The number of aryl methyl sites for hydroxylation is 1. The van der Waals surface area contributed by atoms with Gasteiger partial charge in [0.1, 0.15) is 5.82 Å². The highest BCUT2D eigenvalue weighted by Crippen LogP contribution is 2.38. The van der Waals surface area contributed by atoms with Crippen molar-refractivity contribution in [2.75, 3.05) is 84.7 Å². The van der Waals surface area contributed by atoms with Gasteiger partial charge in [-0.25, -0.2) is 14.0 Å². The number of nitrogen functional groups attached to an aromatic ring is 2. The minimum atomic E-state index is -0.732. The summed E-state index contributed by atoms with van der Waals surface area (Å²) in [5.41, 5.74) is 22.5. The first-order chi connectivity index (χ1) is 33.2. The van der Waals surface area contributed by atoms with Crippen molar-refractivity contribution in [2.45, 2.75) is 20.0 Å². The molecule has 0 aliphatic carbocycles. The summed E-state index contributed by atoms with van der Waals surface area (Å²) in [5, 5.41) is 25.0. The summed E-state index contributed by atoms with van der Waals surface area (Å²) in [5.74, 6) is 0.193. The monoisotopic (exact) mass is 914 g/mol. The van der Waals surface area contributed by atoms with E-state index in [0.717, 1.165) is 86.9 Å². The lowest BCUT2D eigenvalue weighted by molar-refractivity contribution is 0.0343. The Kier molecular flexibility index (Phi) is 12.4. The zero-order chi connectivity index (χ0) is 46.7. The Labute approximate surface area is 391 Å². The minimum absolute atomic E-state index is 0.194. The highest BCUT2D eigenvalue weighted by Gasteiger charge is 2.31. The summed E-state index contributed by atoms with van der Waals surface area (Å²) >= 11 is 0. The van der Waals surface area contributed by atoms with Gasteiger partial charge < -0.3 is 31.6 Å². The molecule has 0 spiro atoms. The number of halogens is 1. The molecule has 8 aromatic rings. The lowest BCUT2D eigenvalue weighted by Crippen LogP contribution is -2.53. The van der Waals surface area contributed by atoms with Crippen LogP contribution in [0.5, 0.6) is 0 Å². The topological polar surface area (TPSA) is 199 Å². The van der Waals surface area contributed by atoms with Gasteiger partial charge in [0.05, 0.1) is 59.6 Å². The number of aromatic nitrogens is 4. The number of hydrogen-bond donors (Lipinski definition) is 6. The molecule has 0 bridgehead atoms. The second kappa shape index (κ2) is 19.2. The van der Waals surface area contributed by atoms with Gasteiger partial charge in [-0.2, -0.15) is 20.2 Å². The van der Waals surface area contributed by atoms with Gasteiger partial charge in [-0.1, -0.05) is 66.7 Å². The molecule has 8 N–H and O–H groups in total. The van der Waals surface area contributed by atoms with E-state index in [2.05, 4.69) is 53.0 Å². The van der Waals surface area contributed by atoms with Crippen LogP contribution in [0.3, 0.4) is 0 Å². The third kappa shape index (κ3) is 9.15. The summed E-state index contributed by atoms with van der Waals surface area (Å²) in [6, 6.07) is 34.3. The molecule has 16 nitrogen and oxygen atoms in total. The number of urea groups is 2. The molecule has 4 heterocycles. The fraction of sp³-hybridized carbons (Fsp3) is 0.216. The van der Waals surface area contributed by atoms with Crippen LogP contribution < -0.4 is 32.1 Å². The molecule has 4 amide bonds. The number of nitrogens with zero attached hydrogens (tertiary/aromatic N) is 6. The smallest absolute Gasteiger partial charge is 0.345 e. The maximum absolute atomic E-state index is 14.9. The molecule has 2 aliphatic rings. The van der Waals surface area contributed by atoms with Crippen LogP contribution in [0.25, 0.3) is 44.1 Å². The number of ether oxygens (including phenoxy) is 2. The number of carbonyl (C=O) groups excluding carboxylic acids is 2. The van der Waals surface area contributed by atoms with Crippen molar-refractivity contribution >= 4 is 68.3 Å². The molecule has 0 saturated carbocycles. The van der Waals surface area contributed by atoms with Crippen LogP contribution in [0, 0.1) is 12.7 Å². The number of anilines is 6. The molecule has 17 heteroatoms. The first-order valence-electron chi connectivity index (χ1n) is 22.5. The van der Waals surface area contributed by atoms with Crippen LogP contribution in [0.1, 0.15) is 16.7 Å². The Morgan fingerprint density at radius 1 is 0.618 bits per heavy atom. The zero-order valence-corrected chi connectivity index (χ0v) is 37.5. The Bertz CT molecular complexity index is 2900. The number of nitrogens with one attached hydrogen (secondary N) is 4. The van der Waals surface area contributed by atoms with E-state index in [4.69, 9.17) is 20.9 Å². The third-order valence-corrected chi connectivity index (χ3v) is 12.4. The minimum Gasteiger partial charge on any atom is -0.382 e. The number of fused-ring (bicyclic) bond motifs is 2. The van der Waals surface area contributed by atoms with Crippen LogP contribution in [0.2, 0.25) is 0 Å². The second-order valence-electron chi connectivity index (χ2n) is 17.0. The number of H-pyrrole nitrogens is 2. The van der Waals surface area contributed by atoms with Crippen LogP contribution in [0.15, 0.2) is 121 Å². The fourth-order valence-corrected chi connectivity index (χ4v) is 9.02. The first-order valence-corrected chi connectivity index (χ1v) is 22.5. The molecule has 2 aromatic heterocycles. The predicted octanol–water partition coefficient (Wildman–Crippen LogP) is 8.74. The SMILES string of the molecule is Cc1cccc(NC(=O)N(c2ccc(-c3ccc(CN4CCOCC4)c4[nH]nc(N)c34)cc2)N(C(=O)Nc2cccc(F)c2)c2ccc(-c3ccc(CN4CCOCC4)c4[nH]nc(N)c34)cc2)c1. The van der Waals surface area contributed by atoms with Gasteiger partial charge >= 0.3 is 12.1 Å². The van der Waals surface area contributed by atoms with Crippen molar-refractivity contribution in [1.29, 1.82) is 0 Å². The normalized spacial score (nSPS) is 14.6. The molecule has 346 valence electrons. The van der Waals surface area contributed by atoms with Crippen LogP contribution in [0.4, 0.5) is 48.4 Å². The lowest BCUT2D eigenvalue weighted by atomic mass is 9.98. The fourth-order valence-electron chi connectivity index (χ4n) is 9.02. The molecule has 2 saturated heterocycles. The number of benzene rings is 6. The molecule has 2 aliphatic heterocycles. The van der Waals surface area contributed by atoms with Gasteiger partial charge in [-0.3, -0.25) is 20.0 Å². The van der Waals surface area contributed by atoms with Crippen molar-refractivity contribution < 1.29 is 23.5 Å². The molecular weight excluding hydrogens is 864 g/mol. The maximum atomic E-state index is 14.9. The highest BCUT2D eigenvalue weighted by atomic mass is 19.1. The molecule has 2 fully saturated rings. The van der Waals surface area contributed by atoms with Crippen molar-refractivity contribution in [3.63, 3.8) is 0 Å². The average Bonchev–Trinajstić information content (AvgIpc) is 3.94. The standard InChI is InChI=1S/C51H51FN12O4/c1-32-4-2-6-38(28-32)55-50(65)63(40-14-8-33(9-15-40)42-18-12-35(30-61-20-24-67-25-21-61)46-44(42)48(53)59-57-46)64(51(66)56-39-7-3-5-37(52)29-39)41-16-10-34(11-17-41)43-19-13-36(31-62-22-26-68-27-23-62)47-45(43)49(54)60-58-47/h2-19,28-29H,20-27,30-31H2,1H3,(H,55,65)(H,56,66)(H3,53,57,59)(H3,54,58,60). The van der Waals surface area contributed by atoms with E-state index in [0.29, 0.717) is 68.2 Å². The average molecular weight is 915 g/mol. The van der Waals surface area contributed by atoms with E-state index >= 15 is 0 Å². The molecule has 0 atom stereocenters. The summed E-state index contributed by atoms with van der Waals surface area (Å²) in [7, 11) is 0. The Morgan fingerprint density at radius 3 is 1.50 bits per heavy atom. The van der Waals surface area contributed by atoms with Crippen molar-refractivity contribution in [1.82, 2.24) is 30.2 Å². The van der Waals surface area contributed by atoms with Gasteiger partial charge in [-0.15, -0.1) is 0 Å². The van der Waals surface area contributed by atoms with Gasteiger partial charge in [0.2, 0.25) is 0 Å².